The van der Waals surface area contributed by atoms with Crippen molar-refractivity contribution < 1.29 is 4.79 Å². The van der Waals surface area contributed by atoms with Gasteiger partial charge in [-0.1, -0.05) is 6.92 Å². The molecule has 1 fully saturated rings. The lowest BCUT2D eigenvalue weighted by Gasteiger charge is -2.23. The van der Waals surface area contributed by atoms with Gasteiger partial charge in [-0.05, 0) is 37.1 Å². The highest BCUT2D eigenvalue weighted by molar-refractivity contribution is 5.94. The summed E-state index contributed by atoms with van der Waals surface area (Å²) in [7, 11) is 0. The second-order valence-electron chi connectivity index (χ2n) is 6.07. The number of nitrogens with zero attached hydrogens (tertiary/aromatic N) is 5. The predicted octanol–water partition coefficient (Wildman–Crippen LogP) is 1.73. The second kappa shape index (κ2) is 8.41. The molecule has 3 rings (SSSR count). The summed E-state index contributed by atoms with van der Waals surface area (Å²) in [4.78, 5) is 21.0. The monoisotopic (exact) mass is 340 g/mol. The molecule has 1 N–H and O–H groups in total. The zero-order valence-electron chi connectivity index (χ0n) is 14.6. The first kappa shape index (κ1) is 17.1. The van der Waals surface area contributed by atoms with Crippen molar-refractivity contribution >= 4 is 17.5 Å². The van der Waals surface area contributed by atoms with Crippen LogP contribution in [0.5, 0.6) is 0 Å². The Balaban J connectivity index is 1.62. The smallest absolute Gasteiger partial charge is 0.252 e. The van der Waals surface area contributed by atoms with Crippen molar-refractivity contribution in [2.75, 3.05) is 42.5 Å². The number of amides is 1. The lowest BCUT2D eigenvalue weighted by Crippen LogP contribution is -2.31. The summed E-state index contributed by atoms with van der Waals surface area (Å²) in [6.07, 6.45) is 5.30. The molecule has 132 valence electrons. The van der Waals surface area contributed by atoms with Gasteiger partial charge in [0.15, 0.2) is 5.82 Å². The highest BCUT2D eigenvalue weighted by Gasteiger charge is 2.17. The molecule has 0 atom stereocenters. The largest absolute Gasteiger partial charge is 0.355 e. The molecule has 1 aliphatic heterocycles. The van der Waals surface area contributed by atoms with Crippen LogP contribution in [0, 0.1) is 0 Å². The van der Waals surface area contributed by atoms with E-state index in [4.69, 9.17) is 0 Å². The minimum Gasteiger partial charge on any atom is -0.355 e. The number of hydrogen-bond donors (Lipinski definition) is 1. The molecular weight excluding hydrogens is 316 g/mol. The van der Waals surface area contributed by atoms with Gasteiger partial charge in [-0.3, -0.25) is 4.79 Å². The number of pyridine rings is 1. The van der Waals surface area contributed by atoms with Crippen LogP contribution in [-0.2, 0) is 0 Å². The molecule has 0 bridgehead atoms. The Hall–Kier alpha value is -2.70. The summed E-state index contributed by atoms with van der Waals surface area (Å²) in [5.74, 6) is 1.76. The molecule has 0 aromatic carbocycles. The molecule has 1 aliphatic rings. The fourth-order valence-electron chi connectivity index (χ4n) is 2.89. The summed E-state index contributed by atoms with van der Waals surface area (Å²) in [5, 5.41) is 11.0. The Morgan fingerprint density at radius 1 is 1.12 bits per heavy atom. The lowest BCUT2D eigenvalue weighted by atomic mass is 10.2. The molecule has 7 nitrogen and oxygen atoms in total. The van der Waals surface area contributed by atoms with Crippen LogP contribution >= 0.6 is 0 Å². The van der Waals surface area contributed by atoms with E-state index in [-0.39, 0.29) is 5.91 Å². The minimum absolute atomic E-state index is 0.0643. The maximum Gasteiger partial charge on any atom is 0.252 e. The number of rotatable bonds is 5. The van der Waals surface area contributed by atoms with E-state index in [0.29, 0.717) is 12.1 Å². The second-order valence-corrected chi connectivity index (χ2v) is 6.07. The van der Waals surface area contributed by atoms with Crippen LogP contribution in [0.2, 0.25) is 0 Å². The summed E-state index contributed by atoms with van der Waals surface area (Å²) in [6.45, 7) is 6.35. The van der Waals surface area contributed by atoms with E-state index in [1.54, 1.807) is 12.4 Å². The summed E-state index contributed by atoms with van der Waals surface area (Å²) >= 11 is 0. The first-order chi connectivity index (χ1) is 12.3. The molecular formula is C18H24N6O. The van der Waals surface area contributed by atoms with Crippen LogP contribution in [0.4, 0.5) is 11.6 Å². The first-order valence-corrected chi connectivity index (χ1v) is 8.80. The van der Waals surface area contributed by atoms with Crippen LogP contribution in [0.25, 0.3) is 0 Å². The van der Waals surface area contributed by atoms with Crippen LogP contribution in [0.1, 0.15) is 30.1 Å². The third kappa shape index (κ3) is 4.43. The van der Waals surface area contributed by atoms with Gasteiger partial charge in [0.2, 0.25) is 0 Å². The van der Waals surface area contributed by atoms with E-state index < -0.39 is 0 Å². The van der Waals surface area contributed by atoms with Crippen molar-refractivity contribution in [3.05, 3.63) is 42.2 Å². The summed E-state index contributed by atoms with van der Waals surface area (Å²) < 4.78 is 0. The average molecular weight is 340 g/mol. The Morgan fingerprint density at radius 2 is 1.92 bits per heavy atom. The molecule has 1 saturated heterocycles. The van der Waals surface area contributed by atoms with Gasteiger partial charge in [-0.25, -0.2) is 4.98 Å². The normalized spacial score (nSPS) is 14.9. The maximum atomic E-state index is 12.0. The van der Waals surface area contributed by atoms with E-state index in [1.165, 1.54) is 0 Å². The summed E-state index contributed by atoms with van der Waals surface area (Å²) in [6, 6.07) is 7.68. The molecule has 2 aromatic heterocycles. The van der Waals surface area contributed by atoms with Crippen LogP contribution in [0.15, 0.2) is 36.7 Å². The zero-order valence-corrected chi connectivity index (χ0v) is 14.6. The molecule has 7 heteroatoms. The number of nitrogens with one attached hydrogen (secondary N) is 1. The highest BCUT2D eigenvalue weighted by atomic mass is 16.1. The SMILES string of the molecule is CCCNC(=O)c1ccc(N2CCCN(c3cccnn3)CC2)nc1. The maximum absolute atomic E-state index is 12.0. The molecule has 2 aromatic rings. The van der Waals surface area contributed by atoms with E-state index in [0.717, 1.165) is 50.7 Å². The van der Waals surface area contributed by atoms with Crippen molar-refractivity contribution in [2.45, 2.75) is 19.8 Å². The van der Waals surface area contributed by atoms with Crippen molar-refractivity contribution in [1.29, 1.82) is 0 Å². The fraction of sp³-hybridized carbons (Fsp3) is 0.444. The van der Waals surface area contributed by atoms with Gasteiger partial charge in [0.1, 0.15) is 5.82 Å². The van der Waals surface area contributed by atoms with Gasteiger partial charge in [0.25, 0.3) is 5.91 Å². The van der Waals surface area contributed by atoms with Gasteiger partial charge in [0, 0.05) is 45.1 Å². The number of hydrogen-bond acceptors (Lipinski definition) is 6. The van der Waals surface area contributed by atoms with Crippen molar-refractivity contribution in [2.24, 2.45) is 0 Å². The van der Waals surface area contributed by atoms with Crippen molar-refractivity contribution in [1.82, 2.24) is 20.5 Å². The molecule has 1 amide bonds. The third-order valence-electron chi connectivity index (χ3n) is 4.25. The Bertz CT molecular complexity index is 676. The molecule has 0 spiro atoms. The number of anilines is 2. The number of carbonyl (C=O) groups is 1. The van der Waals surface area contributed by atoms with Crippen LogP contribution < -0.4 is 15.1 Å². The minimum atomic E-state index is -0.0643. The number of aromatic nitrogens is 3. The standard InChI is InChI=1S/C18H24N6O/c1-2-8-19-18(25)15-6-7-16(20-14-15)23-10-4-11-24(13-12-23)17-5-3-9-21-22-17/h3,5-7,9,14H,2,4,8,10-13H2,1H3,(H,19,25). The Labute approximate surface area is 148 Å². The number of carbonyl (C=O) groups excluding carboxylic acids is 1. The van der Waals surface area contributed by atoms with Gasteiger partial charge in [0.05, 0.1) is 5.56 Å². The Kier molecular flexibility index (Phi) is 5.77. The molecule has 0 saturated carbocycles. The molecule has 25 heavy (non-hydrogen) atoms. The van der Waals surface area contributed by atoms with Gasteiger partial charge in [-0.15, -0.1) is 5.10 Å². The zero-order chi connectivity index (χ0) is 17.5. The molecule has 3 heterocycles. The van der Waals surface area contributed by atoms with Gasteiger partial charge < -0.3 is 15.1 Å². The van der Waals surface area contributed by atoms with Gasteiger partial charge in [-0.2, -0.15) is 5.10 Å². The topological polar surface area (TPSA) is 74.2 Å². The fourth-order valence-corrected chi connectivity index (χ4v) is 2.89. The lowest BCUT2D eigenvalue weighted by molar-refractivity contribution is 0.0953. The average Bonchev–Trinajstić information content (AvgIpc) is 2.93. The van der Waals surface area contributed by atoms with E-state index in [1.807, 2.05) is 31.2 Å². The first-order valence-electron chi connectivity index (χ1n) is 8.80. The van der Waals surface area contributed by atoms with Crippen molar-refractivity contribution in [3.8, 4) is 0 Å². The third-order valence-corrected chi connectivity index (χ3v) is 4.25. The quantitative estimate of drug-likeness (QED) is 0.893. The predicted molar refractivity (Wildman–Crippen MR) is 97.9 cm³/mol. The van der Waals surface area contributed by atoms with E-state index >= 15 is 0 Å². The van der Waals surface area contributed by atoms with Gasteiger partial charge >= 0.3 is 0 Å². The molecule has 0 unspecified atom stereocenters. The molecule has 0 aliphatic carbocycles. The molecule has 0 radical (unpaired) electrons. The van der Waals surface area contributed by atoms with Crippen LogP contribution in [0.3, 0.4) is 0 Å². The van der Waals surface area contributed by atoms with Crippen LogP contribution in [-0.4, -0.2) is 53.8 Å². The Morgan fingerprint density at radius 3 is 2.56 bits per heavy atom. The van der Waals surface area contributed by atoms with E-state index in [9.17, 15) is 4.79 Å². The van der Waals surface area contributed by atoms with E-state index in [2.05, 4.69) is 30.3 Å². The van der Waals surface area contributed by atoms with Crippen molar-refractivity contribution in [3.63, 3.8) is 0 Å². The highest BCUT2D eigenvalue weighted by Crippen LogP contribution is 2.17. The summed E-state index contributed by atoms with van der Waals surface area (Å²) in [5.41, 5.74) is 0.605.